The summed E-state index contributed by atoms with van der Waals surface area (Å²) in [7, 11) is 1.42. The van der Waals surface area contributed by atoms with Gasteiger partial charge in [-0.05, 0) is 28.1 Å². The summed E-state index contributed by atoms with van der Waals surface area (Å²) in [6.07, 6.45) is 0. The minimum absolute atomic E-state index is 0.189. The van der Waals surface area contributed by atoms with Crippen molar-refractivity contribution in [3.63, 3.8) is 0 Å². The van der Waals surface area contributed by atoms with Crippen molar-refractivity contribution < 1.29 is 19.7 Å². The first-order chi connectivity index (χ1) is 6.06. The Bertz CT molecular complexity index is 348. The molecule has 13 heavy (non-hydrogen) atoms. The highest BCUT2D eigenvalue weighted by Gasteiger charge is 2.14. The third-order valence-electron chi connectivity index (χ3n) is 1.50. The third-order valence-corrected chi connectivity index (χ3v) is 2.11. The van der Waals surface area contributed by atoms with Crippen molar-refractivity contribution in [2.24, 2.45) is 0 Å². The van der Waals surface area contributed by atoms with Crippen LogP contribution in [-0.4, -0.2) is 23.3 Å². The molecule has 0 saturated carbocycles. The number of rotatable bonds is 2. The average molecular weight is 247 g/mol. The first kappa shape index (κ1) is 9.85. The highest BCUT2D eigenvalue weighted by Crippen LogP contribution is 2.32. The second kappa shape index (κ2) is 3.66. The fraction of sp³-hybridized carbons (Fsp3) is 0.125. The molecule has 5 heteroatoms. The summed E-state index contributed by atoms with van der Waals surface area (Å²) in [6, 6.07) is 2.74. The molecule has 0 unspecified atom stereocenters. The molecular weight excluding hydrogens is 240 g/mol. The molecule has 70 valence electrons. The van der Waals surface area contributed by atoms with Gasteiger partial charge in [0.15, 0.2) is 0 Å². The number of phenols is 1. The molecule has 2 N–H and O–H groups in total. The van der Waals surface area contributed by atoms with Gasteiger partial charge in [0.1, 0.15) is 17.1 Å². The van der Waals surface area contributed by atoms with E-state index in [9.17, 15) is 9.90 Å². The van der Waals surface area contributed by atoms with Gasteiger partial charge >= 0.3 is 5.97 Å². The molecule has 0 spiro atoms. The molecule has 0 aliphatic rings. The molecule has 4 nitrogen and oxygen atoms in total. The fourth-order valence-electron chi connectivity index (χ4n) is 0.855. The van der Waals surface area contributed by atoms with Gasteiger partial charge in [-0.3, -0.25) is 0 Å². The van der Waals surface area contributed by atoms with Gasteiger partial charge in [-0.1, -0.05) is 0 Å². The predicted molar refractivity (Wildman–Crippen MR) is 49.3 cm³/mol. The van der Waals surface area contributed by atoms with Crippen LogP contribution in [0.1, 0.15) is 10.4 Å². The number of halogens is 1. The number of hydrogen-bond acceptors (Lipinski definition) is 3. The molecule has 0 fully saturated rings. The zero-order valence-electron chi connectivity index (χ0n) is 6.74. The van der Waals surface area contributed by atoms with E-state index in [4.69, 9.17) is 9.84 Å². The standard InChI is InChI=1S/C8H7BrO4/c1-13-4-2-5(8(11)12)7(10)6(9)3-4/h2-3,10H,1H3,(H,11,12). The zero-order valence-corrected chi connectivity index (χ0v) is 8.33. The molecular formula is C8H7BrO4. The molecule has 0 bridgehead atoms. The quantitative estimate of drug-likeness (QED) is 0.836. The second-order valence-corrected chi connectivity index (χ2v) is 3.16. The number of ether oxygens (including phenoxy) is 1. The van der Waals surface area contributed by atoms with Gasteiger partial charge < -0.3 is 14.9 Å². The van der Waals surface area contributed by atoms with E-state index < -0.39 is 5.97 Å². The lowest BCUT2D eigenvalue weighted by Crippen LogP contribution is -1.98. The summed E-state index contributed by atoms with van der Waals surface area (Å²) < 4.78 is 5.13. The van der Waals surface area contributed by atoms with E-state index in [0.717, 1.165) is 0 Å². The van der Waals surface area contributed by atoms with Gasteiger partial charge in [-0.25, -0.2) is 4.79 Å². The summed E-state index contributed by atoms with van der Waals surface area (Å²) in [5, 5.41) is 18.0. The number of carbonyl (C=O) groups is 1. The van der Waals surface area contributed by atoms with E-state index in [0.29, 0.717) is 10.2 Å². The maximum atomic E-state index is 10.6. The van der Waals surface area contributed by atoms with Crippen molar-refractivity contribution in [2.45, 2.75) is 0 Å². The molecule has 0 amide bonds. The predicted octanol–water partition coefficient (Wildman–Crippen LogP) is 1.86. The van der Waals surface area contributed by atoms with Crippen molar-refractivity contribution in [3.05, 3.63) is 22.2 Å². The molecule has 0 atom stereocenters. The Kier molecular flexibility index (Phi) is 2.77. The Morgan fingerprint density at radius 1 is 1.54 bits per heavy atom. The van der Waals surface area contributed by atoms with Crippen molar-refractivity contribution in [1.82, 2.24) is 0 Å². The first-order valence-corrected chi connectivity index (χ1v) is 4.15. The van der Waals surface area contributed by atoms with Crippen LogP contribution in [0.4, 0.5) is 0 Å². The van der Waals surface area contributed by atoms with E-state index in [-0.39, 0.29) is 11.3 Å². The van der Waals surface area contributed by atoms with Crippen LogP contribution in [0.15, 0.2) is 16.6 Å². The Labute approximate surface area is 82.9 Å². The van der Waals surface area contributed by atoms with E-state index in [1.54, 1.807) is 0 Å². The van der Waals surface area contributed by atoms with Crippen LogP contribution in [0.2, 0.25) is 0 Å². The topological polar surface area (TPSA) is 66.8 Å². The Morgan fingerprint density at radius 2 is 2.15 bits per heavy atom. The lowest BCUT2D eigenvalue weighted by atomic mass is 10.2. The maximum Gasteiger partial charge on any atom is 0.339 e. The van der Waals surface area contributed by atoms with Gasteiger partial charge in [0, 0.05) is 0 Å². The zero-order chi connectivity index (χ0) is 10.0. The second-order valence-electron chi connectivity index (χ2n) is 2.31. The molecule has 0 heterocycles. The first-order valence-electron chi connectivity index (χ1n) is 3.36. The number of benzene rings is 1. The third kappa shape index (κ3) is 1.92. The summed E-state index contributed by atoms with van der Waals surface area (Å²) >= 11 is 3.01. The Hall–Kier alpha value is -1.23. The highest BCUT2D eigenvalue weighted by molar-refractivity contribution is 9.10. The largest absolute Gasteiger partial charge is 0.506 e. The van der Waals surface area contributed by atoms with E-state index in [2.05, 4.69) is 15.9 Å². The van der Waals surface area contributed by atoms with Crippen LogP contribution in [-0.2, 0) is 0 Å². The molecule has 1 aromatic carbocycles. The summed E-state index contributed by atoms with van der Waals surface area (Å²) in [4.78, 5) is 10.6. The van der Waals surface area contributed by atoms with E-state index in [1.165, 1.54) is 19.2 Å². The minimum Gasteiger partial charge on any atom is -0.506 e. The number of aromatic carboxylic acids is 1. The van der Waals surface area contributed by atoms with Gasteiger partial charge in [-0.2, -0.15) is 0 Å². The smallest absolute Gasteiger partial charge is 0.339 e. The lowest BCUT2D eigenvalue weighted by molar-refractivity contribution is 0.0693. The van der Waals surface area contributed by atoms with Crippen LogP contribution < -0.4 is 4.74 Å². The summed E-state index contributed by atoms with van der Waals surface area (Å²) in [6.45, 7) is 0. The van der Waals surface area contributed by atoms with Crippen LogP contribution in [0.5, 0.6) is 11.5 Å². The van der Waals surface area contributed by atoms with Crippen LogP contribution in [0.3, 0.4) is 0 Å². The van der Waals surface area contributed by atoms with Crippen molar-refractivity contribution in [2.75, 3.05) is 7.11 Å². The SMILES string of the molecule is COc1cc(Br)c(O)c(C(=O)O)c1. The van der Waals surface area contributed by atoms with Crippen molar-refractivity contribution in [3.8, 4) is 11.5 Å². The molecule has 0 aliphatic carbocycles. The van der Waals surface area contributed by atoms with Crippen molar-refractivity contribution in [1.29, 1.82) is 0 Å². The Morgan fingerprint density at radius 3 is 2.62 bits per heavy atom. The van der Waals surface area contributed by atoms with Gasteiger partial charge in [0.25, 0.3) is 0 Å². The van der Waals surface area contributed by atoms with Gasteiger partial charge in [0.2, 0.25) is 0 Å². The summed E-state index contributed by atoms with van der Waals surface area (Å²) in [5.74, 6) is -1.12. The molecule has 0 saturated heterocycles. The Balaban J connectivity index is 3.33. The number of carboxylic acid groups (broad SMARTS) is 1. The molecule has 0 aromatic heterocycles. The minimum atomic E-state index is -1.20. The number of aromatic hydroxyl groups is 1. The maximum absolute atomic E-state index is 10.6. The molecule has 1 rings (SSSR count). The molecule has 1 aromatic rings. The lowest BCUT2D eigenvalue weighted by Gasteiger charge is -2.05. The number of hydrogen-bond donors (Lipinski definition) is 2. The number of carboxylic acids is 1. The van der Waals surface area contributed by atoms with E-state index in [1.807, 2.05) is 0 Å². The average Bonchev–Trinajstić information content (AvgIpc) is 2.09. The highest BCUT2D eigenvalue weighted by atomic mass is 79.9. The molecule has 0 radical (unpaired) electrons. The van der Waals surface area contributed by atoms with Crippen molar-refractivity contribution >= 4 is 21.9 Å². The summed E-state index contributed by atoms with van der Waals surface area (Å²) in [5.41, 5.74) is -0.189. The monoisotopic (exact) mass is 246 g/mol. The van der Waals surface area contributed by atoms with Gasteiger partial charge in [0.05, 0.1) is 11.6 Å². The fourth-order valence-corrected chi connectivity index (χ4v) is 1.29. The van der Waals surface area contributed by atoms with E-state index >= 15 is 0 Å². The molecule has 0 aliphatic heterocycles. The number of methoxy groups -OCH3 is 1. The van der Waals surface area contributed by atoms with Crippen LogP contribution in [0, 0.1) is 0 Å². The normalized spacial score (nSPS) is 9.69. The van der Waals surface area contributed by atoms with Crippen LogP contribution >= 0.6 is 15.9 Å². The van der Waals surface area contributed by atoms with Crippen LogP contribution in [0.25, 0.3) is 0 Å². The van der Waals surface area contributed by atoms with Gasteiger partial charge in [-0.15, -0.1) is 0 Å².